The highest BCUT2D eigenvalue weighted by molar-refractivity contribution is 4.52. The van der Waals surface area contributed by atoms with E-state index in [4.69, 9.17) is 9.47 Å². The second-order valence-electron chi connectivity index (χ2n) is 13.9. The molecule has 0 fully saturated rings. The van der Waals surface area contributed by atoms with Crippen LogP contribution in [0.2, 0.25) is 0 Å². The summed E-state index contributed by atoms with van der Waals surface area (Å²) < 4.78 is 11.7. The molecular formula is C41H84O2. The summed E-state index contributed by atoms with van der Waals surface area (Å²) in [7, 11) is 0. The molecule has 2 heteroatoms. The predicted molar refractivity (Wildman–Crippen MR) is 195 cm³/mol. The average Bonchev–Trinajstić information content (AvgIpc) is 3.02. The van der Waals surface area contributed by atoms with Crippen LogP contribution < -0.4 is 0 Å². The molecule has 0 radical (unpaired) electrons. The van der Waals surface area contributed by atoms with Gasteiger partial charge in [0.25, 0.3) is 0 Å². The fourth-order valence-electron chi connectivity index (χ4n) is 6.29. The first-order chi connectivity index (χ1) is 21.4. The highest BCUT2D eigenvalue weighted by Crippen LogP contribution is 2.15. The maximum atomic E-state index is 5.87. The third-order valence-electron chi connectivity index (χ3n) is 9.36. The summed E-state index contributed by atoms with van der Waals surface area (Å²) in [4.78, 5) is 0. The smallest absolute Gasteiger partial charge is 0.0466 e. The third kappa shape index (κ3) is 41.9. The first kappa shape index (κ1) is 42.9. The summed E-state index contributed by atoms with van der Waals surface area (Å²) in [6.07, 6.45) is 49.3. The molecule has 0 atom stereocenters. The van der Waals surface area contributed by atoms with Crippen molar-refractivity contribution >= 4 is 0 Å². The van der Waals surface area contributed by atoms with E-state index in [1.54, 1.807) is 0 Å². The van der Waals surface area contributed by atoms with Crippen molar-refractivity contribution in [1.82, 2.24) is 0 Å². The van der Waals surface area contributed by atoms with Gasteiger partial charge >= 0.3 is 0 Å². The van der Waals surface area contributed by atoms with Crippen molar-refractivity contribution in [3.63, 3.8) is 0 Å². The lowest BCUT2D eigenvalue weighted by atomic mass is 10.0. The molecule has 0 amide bonds. The van der Waals surface area contributed by atoms with Crippen LogP contribution in [-0.2, 0) is 9.47 Å². The minimum Gasteiger partial charge on any atom is -0.381 e. The van der Waals surface area contributed by atoms with E-state index in [9.17, 15) is 0 Å². The highest BCUT2D eigenvalue weighted by atomic mass is 16.5. The zero-order valence-corrected chi connectivity index (χ0v) is 30.4. The Morgan fingerprint density at radius 3 is 0.488 bits per heavy atom. The van der Waals surface area contributed by atoms with E-state index in [0.29, 0.717) is 0 Å². The van der Waals surface area contributed by atoms with Crippen molar-refractivity contribution in [2.45, 2.75) is 239 Å². The summed E-state index contributed by atoms with van der Waals surface area (Å²) >= 11 is 0. The molecule has 0 saturated heterocycles. The molecule has 0 heterocycles. The lowest BCUT2D eigenvalue weighted by Crippen LogP contribution is -1.98. The van der Waals surface area contributed by atoms with Crippen LogP contribution >= 0.6 is 0 Å². The Bertz CT molecular complexity index is 411. The number of rotatable bonds is 40. The van der Waals surface area contributed by atoms with Crippen LogP contribution in [0.1, 0.15) is 239 Å². The summed E-state index contributed by atoms with van der Waals surface area (Å²) in [6, 6.07) is 0. The maximum Gasteiger partial charge on any atom is 0.0466 e. The largest absolute Gasteiger partial charge is 0.381 e. The average molecular weight is 609 g/mol. The second-order valence-corrected chi connectivity index (χ2v) is 13.9. The molecule has 0 saturated carbocycles. The number of ether oxygens (including phenoxy) is 2. The van der Waals surface area contributed by atoms with E-state index in [0.717, 1.165) is 26.4 Å². The number of hydrogen-bond donors (Lipinski definition) is 0. The molecule has 0 aromatic carbocycles. The van der Waals surface area contributed by atoms with Gasteiger partial charge in [-0.15, -0.1) is 0 Å². The Labute approximate surface area is 274 Å². The van der Waals surface area contributed by atoms with Gasteiger partial charge in [0.05, 0.1) is 0 Å². The lowest BCUT2D eigenvalue weighted by Gasteiger charge is -2.06. The van der Waals surface area contributed by atoms with E-state index < -0.39 is 0 Å². The van der Waals surface area contributed by atoms with E-state index in [2.05, 4.69) is 13.8 Å². The second kappa shape index (κ2) is 41.9. The van der Waals surface area contributed by atoms with Crippen LogP contribution in [0.5, 0.6) is 0 Å². The van der Waals surface area contributed by atoms with Crippen LogP contribution in [-0.4, -0.2) is 26.4 Å². The van der Waals surface area contributed by atoms with E-state index in [-0.39, 0.29) is 0 Å². The molecule has 0 unspecified atom stereocenters. The zero-order chi connectivity index (χ0) is 31.0. The van der Waals surface area contributed by atoms with Gasteiger partial charge in [-0.3, -0.25) is 0 Å². The van der Waals surface area contributed by atoms with Gasteiger partial charge in [-0.05, 0) is 25.7 Å². The molecule has 2 nitrogen and oxygen atoms in total. The maximum absolute atomic E-state index is 5.87. The van der Waals surface area contributed by atoms with Gasteiger partial charge in [0, 0.05) is 26.4 Å². The van der Waals surface area contributed by atoms with Crippen LogP contribution in [0.25, 0.3) is 0 Å². The lowest BCUT2D eigenvalue weighted by molar-refractivity contribution is 0.121. The molecule has 0 spiro atoms. The number of hydrogen-bond acceptors (Lipinski definition) is 2. The molecule has 0 aliphatic heterocycles. The highest BCUT2D eigenvalue weighted by Gasteiger charge is 1.97. The molecule has 0 aliphatic rings. The topological polar surface area (TPSA) is 18.5 Å². The first-order valence-electron chi connectivity index (χ1n) is 20.6. The minimum atomic E-state index is 0.967. The molecule has 0 aliphatic carbocycles. The van der Waals surface area contributed by atoms with Crippen molar-refractivity contribution in [1.29, 1.82) is 0 Å². The van der Waals surface area contributed by atoms with Gasteiger partial charge in [0.15, 0.2) is 0 Å². The van der Waals surface area contributed by atoms with Gasteiger partial charge in [0.2, 0.25) is 0 Å². The predicted octanol–water partition coefficient (Wildman–Crippen LogP) is 14.7. The Morgan fingerprint density at radius 2 is 0.326 bits per heavy atom. The van der Waals surface area contributed by atoms with Gasteiger partial charge in [0.1, 0.15) is 0 Å². The van der Waals surface area contributed by atoms with Crippen molar-refractivity contribution in [2.75, 3.05) is 26.4 Å². The molecule has 0 aromatic rings. The van der Waals surface area contributed by atoms with Gasteiger partial charge in [-0.1, -0.05) is 213 Å². The standard InChI is InChI=1S/C41H84O2/c1-3-5-7-9-11-13-15-17-19-21-23-25-27-30-34-38-42-40-36-32-29-33-37-41-43-39-35-31-28-26-24-22-20-18-16-14-12-10-8-6-4-2/h3-41H2,1-2H3. The summed E-state index contributed by atoms with van der Waals surface area (Å²) in [5.74, 6) is 0. The van der Waals surface area contributed by atoms with Crippen molar-refractivity contribution in [2.24, 2.45) is 0 Å². The Balaban J connectivity index is 3.02. The Morgan fingerprint density at radius 1 is 0.186 bits per heavy atom. The molecule has 260 valence electrons. The van der Waals surface area contributed by atoms with Crippen LogP contribution in [0.4, 0.5) is 0 Å². The molecule has 0 aromatic heterocycles. The minimum absolute atomic E-state index is 0.967. The van der Waals surface area contributed by atoms with Crippen molar-refractivity contribution in [3.05, 3.63) is 0 Å². The monoisotopic (exact) mass is 609 g/mol. The fraction of sp³-hybridized carbons (Fsp3) is 1.00. The van der Waals surface area contributed by atoms with Gasteiger partial charge < -0.3 is 9.47 Å². The normalized spacial score (nSPS) is 11.6. The van der Waals surface area contributed by atoms with E-state index >= 15 is 0 Å². The summed E-state index contributed by atoms with van der Waals surface area (Å²) in [6.45, 7) is 8.49. The summed E-state index contributed by atoms with van der Waals surface area (Å²) in [5.41, 5.74) is 0. The van der Waals surface area contributed by atoms with Crippen molar-refractivity contribution < 1.29 is 9.47 Å². The molecule has 0 bridgehead atoms. The van der Waals surface area contributed by atoms with E-state index in [1.165, 1.54) is 225 Å². The fourth-order valence-corrected chi connectivity index (χ4v) is 6.29. The van der Waals surface area contributed by atoms with Gasteiger partial charge in [-0.2, -0.15) is 0 Å². The van der Waals surface area contributed by atoms with Crippen LogP contribution in [0, 0.1) is 0 Å². The van der Waals surface area contributed by atoms with E-state index in [1.807, 2.05) is 0 Å². The van der Waals surface area contributed by atoms with Gasteiger partial charge in [-0.25, -0.2) is 0 Å². The zero-order valence-electron chi connectivity index (χ0n) is 30.4. The Kier molecular flexibility index (Phi) is 41.8. The van der Waals surface area contributed by atoms with Crippen LogP contribution in [0.15, 0.2) is 0 Å². The first-order valence-corrected chi connectivity index (χ1v) is 20.6. The Hall–Kier alpha value is -0.0800. The SMILES string of the molecule is CCCCCCCCCCCCCCCCCOCCCCCCCOCCCCCCCCCCCCCCCCC. The molecule has 0 N–H and O–H groups in total. The van der Waals surface area contributed by atoms with Crippen LogP contribution in [0.3, 0.4) is 0 Å². The summed E-state index contributed by atoms with van der Waals surface area (Å²) in [5, 5.41) is 0. The third-order valence-corrected chi connectivity index (χ3v) is 9.36. The molecule has 0 rings (SSSR count). The quantitative estimate of drug-likeness (QED) is 0.0644. The number of unbranched alkanes of at least 4 members (excludes halogenated alkanes) is 32. The molecular weight excluding hydrogens is 524 g/mol. The van der Waals surface area contributed by atoms with Crippen molar-refractivity contribution in [3.8, 4) is 0 Å². The molecule has 43 heavy (non-hydrogen) atoms.